The lowest BCUT2D eigenvalue weighted by atomic mass is 11.2. The van der Waals surface area contributed by atoms with Crippen LogP contribution in [0.2, 0.25) is 0 Å². The van der Waals surface area contributed by atoms with Crippen molar-refractivity contribution in [3.63, 3.8) is 0 Å². The minimum atomic E-state index is 0. The molecule has 0 rings (SSSR count). The minimum Gasteiger partial charge on any atom is -0.233 e. The van der Waals surface area contributed by atoms with Crippen LogP contribution >= 0.6 is 0 Å². The van der Waals surface area contributed by atoms with Gasteiger partial charge >= 0.3 is 0 Å². The molecular formula is C3O. The summed E-state index contributed by atoms with van der Waals surface area (Å²) in [6.07, 6.45) is 0. The number of hydrogen-bond donors (Lipinski definition) is 0. The van der Waals surface area contributed by atoms with Crippen LogP contribution < -0.4 is 0 Å². The SMILES string of the molecule is [C].[C]=C=O. The highest BCUT2D eigenvalue weighted by Crippen LogP contribution is 0.867. The first-order valence-electron chi connectivity index (χ1n) is 0.454. The zero-order valence-electron chi connectivity index (χ0n) is 1.91. The van der Waals surface area contributed by atoms with Gasteiger partial charge in [-0.2, -0.15) is 0 Å². The summed E-state index contributed by atoms with van der Waals surface area (Å²) in [5.41, 5.74) is 0. The van der Waals surface area contributed by atoms with Crippen LogP contribution in [-0.2, 0) is 4.79 Å². The predicted octanol–water partition coefficient (Wildman–Crippen LogP) is -0.235. The van der Waals surface area contributed by atoms with E-state index >= 15 is 0 Å². The number of carbonyl (C=O) groups excluding carboxylic acids is 1. The van der Waals surface area contributed by atoms with E-state index in [-0.39, 0.29) is 7.43 Å². The van der Waals surface area contributed by atoms with E-state index in [1.54, 1.807) is 0 Å². The number of hydrogen-bond acceptors (Lipinski definition) is 1. The minimum absolute atomic E-state index is 0. The molecule has 0 heterocycles. The second-order valence-corrected chi connectivity index (χ2v) is 0.102. The van der Waals surface area contributed by atoms with Crippen molar-refractivity contribution in [2.75, 3.05) is 0 Å². The van der Waals surface area contributed by atoms with Gasteiger partial charge < -0.3 is 0 Å². The summed E-state index contributed by atoms with van der Waals surface area (Å²) in [7, 11) is 0. The van der Waals surface area contributed by atoms with Crippen LogP contribution in [0.3, 0.4) is 0 Å². The van der Waals surface area contributed by atoms with Gasteiger partial charge in [-0.1, -0.05) is 0 Å². The third-order valence-electron chi connectivity index (χ3n) is 0. The van der Waals surface area contributed by atoms with Crippen molar-refractivity contribution < 1.29 is 4.79 Å². The molecule has 0 aliphatic carbocycles. The Morgan fingerprint density at radius 2 is 1.75 bits per heavy atom. The first-order chi connectivity index (χ1) is 1.41. The Morgan fingerprint density at radius 1 is 1.75 bits per heavy atom. The lowest BCUT2D eigenvalue weighted by Gasteiger charge is -0.987. The molecule has 0 unspecified atom stereocenters. The molecule has 0 bridgehead atoms. The Hall–Kier alpha value is -0.550. The largest absolute Gasteiger partial charge is 0.233 e. The molecular weight excluding hydrogens is 52.0 g/mol. The second-order valence-electron chi connectivity index (χ2n) is 0.102. The van der Waals surface area contributed by atoms with Gasteiger partial charge in [0, 0.05) is 7.43 Å². The van der Waals surface area contributed by atoms with Gasteiger partial charge in [-0.25, -0.2) is 4.79 Å². The Bertz CT molecular complexity index is 24.3. The zero-order valence-corrected chi connectivity index (χ0v) is 1.91. The van der Waals surface area contributed by atoms with Gasteiger partial charge in [-0.15, -0.1) is 0 Å². The molecule has 6 radical (unpaired) electrons. The highest BCUT2D eigenvalue weighted by Gasteiger charge is 1.05. The average Bonchev–Trinajstić information content (AvgIpc) is 0.918. The quantitative estimate of drug-likeness (QED) is 0.348. The highest BCUT2D eigenvalue weighted by atomic mass is 16.1. The molecule has 0 aliphatic rings. The van der Waals surface area contributed by atoms with E-state index in [9.17, 15) is 0 Å². The molecule has 0 aliphatic heterocycles. The van der Waals surface area contributed by atoms with Crippen molar-refractivity contribution in [2.24, 2.45) is 0 Å². The molecule has 1 nitrogen and oxygen atoms in total. The Labute approximate surface area is 25.9 Å². The predicted molar refractivity (Wildman–Crippen MR) is 12.2 cm³/mol. The second kappa shape index (κ2) is 25.4. The van der Waals surface area contributed by atoms with Crippen LogP contribution in [-0.4, -0.2) is 5.94 Å². The maximum absolute atomic E-state index is 8.35. The summed E-state index contributed by atoms with van der Waals surface area (Å²) in [5, 5.41) is 0. The Kier molecular flexibility index (Phi) is 62.6. The normalized spacial score (nSPS) is 2.00. The maximum Gasteiger partial charge on any atom is 0.135 e. The van der Waals surface area contributed by atoms with Gasteiger partial charge in [-0.3, -0.25) is 0 Å². The van der Waals surface area contributed by atoms with Crippen LogP contribution in [0.15, 0.2) is 0 Å². The van der Waals surface area contributed by atoms with Crippen molar-refractivity contribution in [3.05, 3.63) is 14.0 Å². The van der Waals surface area contributed by atoms with Crippen molar-refractivity contribution >= 4 is 5.94 Å². The molecule has 0 spiro atoms. The lowest BCUT2D eigenvalue weighted by molar-refractivity contribution is 0.569. The van der Waals surface area contributed by atoms with Gasteiger partial charge in [0.25, 0.3) is 0 Å². The van der Waals surface area contributed by atoms with Crippen molar-refractivity contribution in [1.82, 2.24) is 0 Å². The summed E-state index contributed by atoms with van der Waals surface area (Å²) >= 11 is 0. The Balaban J connectivity index is 0. The summed E-state index contributed by atoms with van der Waals surface area (Å²) in [6, 6.07) is 0. The third-order valence-corrected chi connectivity index (χ3v) is 0. The standard InChI is InChI=1S/C2O.C/c1-2-3;. The fraction of sp³-hybridized carbons (Fsp3) is 0. The molecule has 0 aromatic rings. The van der Waals surface area contributed by atoms with Gasteiger partial charge in [-0.05, 0) is 0 Å². The maximum atomic E-state index is 8.35. The van der Waals surface area contributed by atoms with Gasteiger partial charge in [0.1, 0.15) is 5.94 Å². The number of rotatable bonds is 0. The molecule has 0 fully saturated rings. The monoisotopic (exact) mass is 52.0 g/mol. The van der Waals surface area contributed by atoms with E-state index < -0.39 is 0 Å². The summed E-state index contributed by atoms with van der Waals surface area (Å²) in [4.78, 5) is 8.35. The molecule has 4 heavy (non-hydrogen) atoms. The summed E-state index contributed by atoms with van der Waals surface area (Å²) in [5.74, 6) is 0.750. The molecule has 0 aromatic carbocycles. The zero-order chi connectivity index (χ0) is 2.71. The third kappa shape index (κ3) is 0.971. The van der Waals surface area contributed by atoms with E-state index in [2.05, 4.69) is 0 Å². The van der Waals surface area contributed by atoms with Gasteiger partial charge in [0.05, 0.1) is 6.58 Å². The molecule has 0 amide bonds. The van der Waals surface area contributed by atoms with Crippen LogP contribution in [0.5, 0.6) is 0 Å². The first kappa shape index (κ1) is 9.85. The highest BCUT2D eigenvalue weighted by molar-refractivity contribution is 5.35. The molecule has 18 valence electrons. The van der Waals surface area contributed by atoms with E-state index in [0.29, 0.717) is 0 Å². The van der Waals surface area contributed by atoms with Crippen molar-refractivity contribution in [2.45, 2.75) is 0 Å². The van der Waals surface area contributed by atoms with E-state index in [0.717, 1.165) is 5.94 Å². The molecule has 1 heteroatoms. The summed E-state index contributed by atoms with van der Waals surface area (Å²) < 4.78 is 0. The van der Waals surface area contributed by atoms with Gasteiger partial charge in [0.15, 0.2) is 0 Å². The van der Waals surface area contributed by atoms with Crippen LogP contribution in [0.1, 0.15) is 0 Å². The molecule has 0 saturated carbocycles. The van der Waals surface area contributed by atoms with E-state index in [1.165, 1.54) is 0 Å². The lowest BCUT2D eigenvalue weighted by Crippen LogP contribution is -1.16. The van der Waals surface area contributed by atoms with Crippen LogP contribution in [0.25, 0.3) is 0 Å². The molecule has 0 aromatic heterocycles. The van der Waals surface area contributed by atoms with Crippen LogP contribution in [0, 0.1) is 14.0 Å². The molecule has 0 atom stereocenters. The van der Waals surface area contributed by atoms with Crippen molar-refractivity contribution in [3.8, 4) is 0 Å². The topological polar surface area (TPSA) is 17.1 Å². The fourth-order valence-corrected chi connectivity index (χ4v) is 0. The average molecular weight is 52.0 g/mol. The van der Waals surface area contributed by atoms with Crippen molar-refractivity contribution in [1.29, 1.82) is 0 Å². The first-order valence-corrected chi connectivity index (χ1v) is 0.454. The van der Waals surface area contributed by atoms with Crippen LogP contribution in [0.4, 0.5) is 0 Å². The fourth-order valence-electron chi connectivity index (χ4n) is 0. The summed E-state index contributed by atoms with van der Waals surface area (Å²) in [6.45, 7) is 5.40. The van der Waals surface area contributed by atoms with Gasteiger partial charge in [0.2, 0.25) is 0 Å². The molecule has 0 N–H and O–H groups in total. The Morgan fingerprint density at radius 3 is 1.75 bits per heavy atom. The smallest absolute Gasteiger partial charge is 0.135 e. The van der Waals surface area contributed by atoms with E-state index in [1.807, 2.05) is 0 Å². The van der Waals surface area contributed by atoms with E-state index in [4.69, 9.17) is 11.4 Å². The molecule has 0 saturated heterocycles.